The van der Waals surface area contributed by atoms with E-state index in [2.05, 4.69) is 5.32 Å². The van der Waals surface area contributed by atoms with Crippen molar-refractivity contribution < 1.29 is 22.4 Å². The minimum atomic E-state index is -3.82. The molecule has 2 aromatic carbocycles. The molecule has 0 aliphatic carbocycles. The summed E-state index contributed by atoms with van der Waals surface area (Å²) in [4.78, 5) is 27.3. The average molecular weight is 478 g/mol. The molecule has 7 nitrogen and oxygen atoms in total. The molecule has 0 bridgehead atoms. The first-order valence-corrected chi connectivity index (χ1v) is 12.5. The van der Waals surface area contributed by atoms with Crippen LogP contribution >= 0.6 is 0 Å². The van der Waals surface area contributed by atoms with Crippen LogP contribution in [0, 0.1) is 19.7 Å². The van der Waals surface area contributed by atoms with Crippen LogP contribution in [0.15, 0.2) is 42.5 Å². The van der Waals surface area contributed by atoms with Crippen LogP contribution in [0.3, 0.4) is 0 Å². The van der Waals surface area contributed by atoms with Crippen LogP contribution in [-0.2, 0) is 26.2 Å². The molecular formula is C24H32FN3O4S. The van der Waals surface area contributed by atoms with Crippen molar-refractivity contribution in [3.8, 4) is 0 Å². The summed E-state index contributed by atoms with van der Waals surface area (Å²) in [6.07, 6.45) is 1.03. The smallest absolute Gasteiger partial charge is 0.244 e. The second-order valence-electron chi connectivity index (χ2n) is 8.44. The number of anilines is 1. The number of amides is 2. The summed E-state index contributed by atoms with van der Waals surface area (Å²) in [5, 5.41) is 2.75. The molecule has 0 radical (unpaired) electrons. The van der Waals surface area contributed by atoms with Crippen LogP contribution in [0.2, 0.25) is 0 Å². The number of carbonyl (C=O) groups is 2. The summed E-state index contributed by atoms with van der Waals surface area (Å²) in [5.41, 5.74) is 2.21. The number of sulfonamides is 1. The van der Waals surface area contributed by atoms with Crippen LogP contribution in [0.25, 0.3) is 0 Å². The highest BCUT2D eigenvalue weighted by atomic mass is 32.2. The molecule has 0 unspecified atom stereocenters. The van der Waals surface area contributed by atoms with E-state index in [9.17, 15) is 22.4 Å². The normalized spacial score (nSPS) is 12.4. The van der Waals surface area contributed by atoms with Gasteiger partial charge in [-0.15, -0.1) is 0 Å². The van der Waals surface area contributed by atoms with Crippen LogP contribution in [-0.4, -0.2) is 50.0 Å². The maximum atomic E-state index is 14.4. The fraction of sp³-hybridized carbons (Fsp3) is 0.417. The first-order chi connectivity index (χ1) is 15.3. The molecule has 2 rings (SSSR count). The van der Waals surface area contributed by atoms with Gasteiger partial charge in [0.2, 0.25) is 21.8 Å². The van der Waals surface area contributed by atoms with Gasteiger partial charge < -0.3 is 10.2 Å². The number of benzene rings is 2. The molecule has 0 heterocycles. The molecule has 0 aliphatic heterocycles. The predicted molar refractivity (Wildman–Crippen MR) is 128 cm³/mol. The van der Waals surface area contributed by atoms with E-state index in [0.29, 0.717) is 5.69 Å². The maximum absolute atomic E-state index is 14.4. The molecule has 0 aliphatic rings. The molecule has 0 aromatic heterocycles. The molecule has 0 spiro atoms. The van der Waals surface area contributed by atoms with Gasteiger partial charge in [0, 0.05) is 18.2 Å². The van der Waals surface area contributed by atoms with Crippen molar-refractivity contribution in [3.05, 3.63) is 65.0 Å². The quantitative estimate of drug-likeness (QED) is 0.601. The Bertz CT molecular complexity index is 1120. The molecule has 2 amide bonds. The first-order valence-electron chi connectivity index (χ1n) is 10.7. The van der Waals surface area contributed by atoms with Crippen molar-refractivity contribution in [2.75, 3.05) is 17.1 Å². The van der Waals surface area contributed by atoms with E-state index in [1.54, 1.807) is 45.9 Å². The molecule has 180 valence electrons. The highest BCUT2D eigenvalue weighted by Gasteiger charge is 2.31. The number of rotatable bonds is 9. The summed E-state index contributed by atoms with van der Waals surface area (Å²) in [6, 6.07) is 10.1. The number of hydrogen-bond acceptors (Lipinski definition) is 4. The van der Waals surface area contributed by atoms with Crippen molar-refractivity contribution in [1.29, 1.82) is 0 Å². The zero-order valence-electron chi connectivity index (χ0n) is 19.9. The van der Waals surface area contributed by atoms with E-state index < -0.39 is 40.2 Å². The lowest BCUT2D eigenvalue weighted by molar-refractivity contribution is -0.139. The van der Waals surface area contributed by atoms with Crippen molar-refractivity contribution >= 4 is 27.5 Å². The Hall–Kier alpha value is -2.94. The van der Waals surface area contributed by atoms with Gasteiger partial charge in [0.05, 0.1) is 11.9 Å². The molecule has 33 heavy (non-hydrogen) atoms. The van der Waals surface area contributed by atoms with Gasteiger partial charge in [0.1, 0.15) is 18.4 Å². The lowest BCUT2D eigenvalue weighted by Gasteiger charge is -2.32. The van der Waals surface area contributed by atoms with Crippen LogP contribution in [0.5, 0.6) is 0 Å². The third-order valence-electron chi connectivity index (χ3n) is 5.42. The molecule has 0 saturated heterocycles. The minimum absolute atomic E-state index is 0.159. The van der Waals surface area contributed by atoms with E-state index in [1.165, 1.54) is 23.1 Å². The van der Waals surface area contributed by atoms with Gasteiger partial charge in [0.15, 0.2) is 0 Å². The number of nitrogens with zero attached hydrogens (tertiary/aromatic N) is 2. The van der Waals surface area contributed by atoms with Gasteiger partial charge in [-0.1, -0.05) is 30.3 Å². The van der Waals surface area contributed by atoms with E-state index in [0.717, 1.165) is 21.7 Å². The van der Waals surface area contributed by atoms with Gasteiger partial charge >= 0.3 is 0 Å². The summed E-state index contributed by atoms with van der Waals surface area (Å²) in [7, 11) is -3.82. The van der Waals surface area contributed by atoms with Crippen molar-refractivity contribution in [2.24, 2.45) is 0 Å². The second-order valence-corrected chi connectivity index (χ2v) is 10.3. The number of hydrogen-bond donors (Lipinski definition) is 1. The fourth-order valence-corrected chi connectivity index (χ4v) is 4.30. The Morgan fingerprint density at radius 2 is 1.67 bits per heavy atom. The van der Waals surface area contributed by atoms with Crippen LogP contribution in [0.4, 0.5) is 10.1 Å². The zero-order valence-corrected chi connectivity index (χ0v) is 20.7. The second kappa shape index (κ2) is 10.8. The standard InChI is InChI=1S/C24H32FN3O4S/c1-16(2)26-24(30)19(5)27(14-20-11-7-8-12-21(20)25)23(29)15-28(33(6,31)32)22-13-9-10-17(3)18(22)4/h7-13,16,19H,14-15H2,1-6H3,(H,26,30)/t19-/m1/s1. The summed E-state index contributed by atoms with van der Waals surface area (Å²) in [6.45, 7) is 8.06. The average Bonchev–Trinajstić information content (AvgIpc) is 2.71. The Morgan fingerprint density at radius 1 is 1.03 bits per heavy atom. The zero-order chi connectivity index (χ0) is 24.9. The Labute approximate surface area is 195 Å². The Balaban J connectivity index is 2.45. The number of carbonyl (C=O) groups excluding carboxylic acids is 2. The third kappa shape index (κ3) is 6.77. The highest BCUT2D eigenvalue weighted by molar-refractivity contribution is 7.92. The molecule has 1 atom stereocenters. The van der Waals surface area contributed by atoms with E-state index in [4.69, 9.17) is 0 Å². The highest BCUT2D eigenvalue weighted by Crippen LogP contribution is 2.25. The third-order valence-corrected chi connectivity index (χ3v) is 6.55. The molecule has 0 saturated carbocycles. The summed E-state index contributed by atoms with van der Waals surface area (Å²) < 4.78 is 40.6. The van der Waals surface area contributed by atoms with Crippen molar-refractivity contribution in [2.45, 2.75) is 53.2 Å². The van der Waals surface area contributed by atoms with Crippen LogP contribution < -0.4 is 9.62 Å². The number of aryl methyl sites for hydroxylation is 1. The largest absolute Gasteiger partial charge is 0.352 e. The fourth-order valence-electron chi connectivity index (χ4n) is 3.40. The number of halogens is 1. The minimum Gasteiger partial charge on any atom is -0.352 e. The van der Waals surface area contributed by atoms with Gasteiger partial charge in [0.25, 0.3) is 0 Å². The molecule has 2 aromatic rings. The predicted octanol–water partition coefficient (Wildman–Crippen LogP) is 3.15. The first kappa shape index (κ1) is 26.3. The van der Waals surface area contributed by atoms with Crippen molar-refractivity contribution in [3.63, 3.8) is 0 Å². The number of nitrogens with one attached hydrogen (secondary N) is 1. The van der Waals surface area contributed by atoms with Crippen LogP contribution in [0.1, 0.15) is 37.5 Å². The molecular weight excluding hydrogens is 445 g/mol. The van der Waals surface area contributed by atoms with Gasteiger partial charge in [-0.2, -0.15) is 0 Å². The lowest BCUT2D eigenvalue weighted by Crippen LogP contribution is -2.52. The van der Waals surface area contributed by atoms with Gasteiger partial charge in [-0.3, -0.25) is 13.9 Å². The monoisotopic (exact) mass is 477 g/mol. The van der Waals surface area contributed by atoms with Gasteiger partial charge in [-0.25, -0.2) is 12.8 Å². The topological polar surface area (TPSA) is 86.8 Å². The molecule has 9 heteroatoms. The Morgan fingerprint density at radius 3 is 2.24 bits per heavy atom. The SMILES string of the molecule is Cc1cccc(N(CC(=O)N(Cc2ccccc2F)[C@H](C)C(=O)NC(C)C)S(C)(=O)=O)c1C. The maximum Gasteiger partial charge on any atom is 0.244 e. The summed E-state index contributed by atoms with van der Waals surface area (Å²) >= 11 is 0. The molecule has 0 fully saturated rings. The van der Waals surface area contributed by atoms with E-state index in [-0.39, 0.29) is 18.2 Å². The van der Waals surface area contributed by atoms with E-state index >= 15 is 0 Å². The van der Waals surface area contributed by atoms with E-state index in [1.807, 2.05) is 13.0 Å². The van der Waals surface area contributed by atoms with Gasteiger partial charge in [-0.05, 0) is 57.9 Å². The van der Waals surface area contributed by atoms with Crippen molar-refractivity contribution in [1.82, 2.24) is 10.2 Å². The summed E-state index contributed by atoms with van der Waals surface area (Å²) in [5.74, 6) is -1.54. The lowest BCUT2D eigenvalue weighted by atomic mass is 10.1. The molecule has 1 N–H and O–H groups in total. The Kier molecular flexibility index (Phi) is 8.60.